The van der Waals surface area contributed by atoms with E-state index in [9.17, 15) is 8.42 Å². The van der Waals surface area contributed by atoms with Crippen molar-refractivity contribution in [3.8, 4) is 0 Å². The average Bonchev–Trinajstić information content (AvgIpc) is 2.89. The second kappa shape index (κ2) is 6.56. The number of sulfone groups is 1. The Balaban J connectivity index is 1.78. The van der Waals surface area contributed by atoms with E-state index in [0.29, 0.717) is 18.9 Å². The van der Waals surface area contributed by atoms with Crippen molar-refractivity contribution in [1.29, 1.82) is 0 Å². The molecule has 1 aromatic rings. The zero-order valence-corrected chi connectivity index (χ0v) is 14.5. The molecular formula is C14H24N6O2S. The molecule has 2 aliphatic rings. The van der Waals surface area contributed by atoms with Gasteiger partial charge in [-0.3, -0.25) is 0 Å². The molecule has 0 aliphatic carbocycles. The fourth-order valence-corrected chi connectivity index (χ4v) is 4.92. The average molecular weight is 340 g/mol. The van der Waals surface area contributed by atoms with Crippen molar-refractivity contribution in [3.63, 3.8) is 0 Å². The van der Waals surface area contributed by atoms with Crippen LogP contribution in [0, 0.1) is 0 Å². The van der Waals surface area contributed by atoms with Crippen LogP contribution in [0.4, 0.5) is 11.8 Å². The van der Waals surface area contributed by atoms with Gasteiger partial charge in [-0.15, -0.1) is 5.10 Å². The van der Waals surface area contributed by atoms with Gasteiger partial charge in [0.15, 0.2) is 15.7 Å². The second-order valence-electron chi connectivity index (χ2n) is 6.25. The van der Waals surface area contributed by atoms with Crippen LogP contribution in [0.2, 0.25) is 0 Å². The van der Waals surface area contributed by atoms with E-state index in [1.807, 2.05) is 11.8 Å². The number of likely N-dealkylation sites (N-methyl/N-ethyl adjacent to an activating group) is 1. The fraction of sp³-hybridized carbons (Fsp3) is 0.786. The molecule has 1 unspecified atom stereocenters. The maximum Gasteiger partial charge on any atom is 0.247 e. The van der Waals surface area contributed by atoms with Crippen molar-refractivity contribution < 1.29 is 8.42 Å². The topological polar surface area (TPSA) is 82.5 Å². The molecule has 2 saturated heterocycles. The van der Waals surface area contributed by atoms with Crippen LogP contribution < -0.4 is 9.80 Å². The highest BCUT2D eigenvalue weighted by Crippen LogP contribution is 2.23. The van der Waals surface area contributed by atoms with Crippen LogP contribution in [0.1, 0.15) is 13.3 Å². The van der Waals surface area contributed by atoms with Crippen molar-refractivity contribution in [2.45, 2.75) is 19.4 Å². The van der Waals surface area contributed by atoms with Crippen molar-refractivity contribution in [2.24, 2.45) is 0 Å². The molecule has 0 spiro atoms. The number of aromatic nitrogens is 3. The first-order valence-electron chi connectivity index (χ1n) is 8.09. The molecule has 2 aliphatic heterocycles. The summed E-state index contributed by atoms with van der Waals surface area (Å²) < 4.78 is 23.5. The van der Waals surface area contributed by atoms with Gasteiger partial charge in [-0.1, -0.05) is 0 Å². The van der Waals surface area contributed by atoms with E-state index in [1.165, 1.54) is 0 Å². The summed E-state index contributed by atoms with van der Waals surface area (Å²) in [6.07, 6.45) is 2.29. The summed E-state index contributed by atoms with van der Waals surface area (Å²) in [5.41, 5.74) is 0. The van der Waals surface area contributed by atoms with Crippen molar-refractivity contribution in [1.82, 2.24) is 20.1 Å². The zero-order chi connectivity index (χ0) is 16.4. The smallest absolute Gasteiger partial charge is 0.247 e. The Bertz CT molecular complexity index is 644. The number of piperazine rings is 1. The van der Waals surface area contributed by atoms with E-state index < -0.39 is 9.84 Å². The minimum Gasteiger partial charge on any atom is -0.351 e. The van der Waals surface area contributed by atoms with Crippen LogP contribution in [0.3, 0.4) is 0 Å². The summed E-state index contributed by atoms with van der Waals surface area (Å²) in [7, 11) is -0.813. The summed E-state index contributed by atoms with van der Waals surface area (Å²) in [6, 6.07) is -0.0120. The molecule has 9 heteroatoms. The highest BCUT2D eigenvalue weighted by atomic mass is 32.2. The Hall–Kier alpha value is -1.48. The van der Waals surface area contributed by atoms with Gasteiger partial charge in [-0.05, 0) is 20.4 Å². The molecule has 2 fully saturated rings. The molecule has 0 bridgehead atoms. The maximum atomic E-state index is 11.7. The molecule has 0 aromatic carbocycles. The molecule has 3 rings (SSSR count). The maximum absolute atomic E-state index is 11.7. The lowest BCUT2D eigenvalue weighted by molar-refractivity contribution is 0.311. The number of rotatable bonds is 4. The third-order valence-corrected chi connectivity index (χ3v) is 6.36. The van der Waals surface area contributed by atoms with Crippen LogP contribution in [-0.2, 0) is 9.84 Å². The predicted molar refractivity (Wildman–Crippen MR) is 89.6 cm³/mol. The van der Waals surface area contributed by atoms with E-state index in [2.05, 4.69) is 32.0 Å². The van der Waals surface area contributed by atoms with Gasteiger partial charge in [0, 0.05) is 38.8 Å². The Kier molecular flexibility index (Phi) is 4.67. The summed E-state index contributed by atoms with van der Waals surface area (Å²) in [5, 5.41) is 8.26. The lowest BCUT2D eigenvalue weighted by atomic mass is 10.2. The Morgan fingerprint density at radius 1 is 1.30 bits per heavy atom. The first-order chi connectivity index (χ1) is 11.0. The monoisotopic (exact) mass is 340 g/mol. The van der Waals surface area contributed by atoms with Gasteiger partial charge >= 0.3 is 0 Å². The molecule has 1 atom stereocenters. The molecule has 0 radical (unpaired) electrons. The van der Waals surface area contributed by atoms with Crippen LogP contribution >= 0.6 is 0 Å². The van der Waals surface area contributed by atoms with E-state index in [4.69, 9.17) is 0 Å². The standard InChI is InChI=1S/C14H24N6O2S/c1-3-20(12-4-9-23(21,22)11-12)13-10-15-17-14(16-13)19-7-5-18(2)6-8-19/h10,12H,3-9,11H2,1-2H3. The third-order valence-electron chi connectivity index (χ3n) is 4.61. The second-order valence-corrected chi connectivity index (χ2v) is 8.48. The van der Waals surface area contributed by atoms with Gasteiger partial charge < -0.3 is 14.7 Å². The van der Waals surface area contributed by atoms with Gasteiger partial charge in [-0.2, -0.15) is 10.1 Å². The summed E-state index contributed by atoms with van der Waals surface area (Å²) in [4.78, 5) is 11.1. The van der Waals surface area contributed by atoms with Crippen LogP contribution in [-0.4, -0.2) is 85.8 Å². The minimum atomic E-state index is -2.92. The lowest BCUT2D eigenvalue weighted by Crippen LogP contribution is -2.45. The molecule has 3 heterocycles. The zero-order valence-electron chi connectivity index (χ0n) is 13.7. The number of hydrogen-bond donors (Lipinski definition) is 0. The van der Waals surface area contributed by atoms with Crippen LogP contribution in [0.5, 0.6) is 0 Å². The number of anilines is 2. The molecule has 8 nitrogen and oxygen atoms in total. The molecule has 128 valence electrons. The molecular weight excluding hydrogens is 316 g/mol. The highest BCUT2D eigenvalue weighted by Gasteiger charge is 2.32. The van der Waals surface area contributed by atoms with Crippen molar-refractivity contribution in [2.75, 3.05) is 61.1 Å². The van der Waals surface area contributed by atoms with Gasteiger partial charge in [0.25, 0.3) is 0 Å². The van der Waals surface area contributed by atoms with E-state index in [0.717, 1.165) is 32.0 Å². The van der Waals surface area contributed by atoms with Crippen molar-refractivity contribution >= 4 is 21.6 Å². The summed E-state index contributed by atoms with van der Waals surface area (Å²) >= 11 is 0. The first kappa shape index (κ1) is 16.4. The summed E-state index contributed by atoms with van der Waals surface area (Å²) in [5.74, 6) is 1.82. The van der Waals surface area contributed by atoms with Crippen molar-refractivity contribution in [3.05, 3.63) is 6.20 Å². The Morgan fingerprint density at radius 2 is 2.04 bits per heavy atom. The lowest BCUT2D eigenvalue weighted by Gasteiger charge is -2.33. The van der Waals surface area contributed by atoms with Gasteiger partial charge in [0.1, 0.15) is 0 Å². The minimum absolute atomic E-state index is 0.0120. The molecule has 0 amide bonds. The van der Waals surface area contributed by atoms with E-state index in [1.54, 1.807) is 6.20 Å². The SMILES string of the molecule is CCN(c1cnnc(N2CCN(C)CC2)n1)C1CCS(=O)(=O)C1. The highest BCUT2D eigenvalue weighted by molar-refractivity contribution is 7.91. The summed E-state index contributed by atoms with van der Waals surface area (Å²) in [6.45, 7) is 6.44. The van der Waals surface area contributed by atoms with Crippen LogP contribution in [0.25, 0.3) is 0 Å². The molecule has 23 heavy (non-hydrogen) atoms. The molecule has 0 saturated carbocycles. The van der Waals surface area contributed by atoms with Crippen LogP contribution in [0.15, 0.2) is 6.20 Å². The Labute approximate surface area is 137 Å². The van der Waals surface area contributed by atoms with Gasteiger partial charge in [0.05, 0.1) is 17.7 Å². The normalized spacial score (nSPS) is 24.8. The number of hydrogen-bond acceptors (Lipinski definition) is 8. The third kappa shape index (κ3) is 3.72. The largest absolute Gasteiger partial charge is 0.351 e. The fourth-order valence-electron chi connectivity index (χ4n) is 3.19. The van der Waals surface area contributed by atoms with E-state index in [-0.39, 0.29) is 17.5 Å². The number of nitrogens with zero attached hydrogens (tertiary/aromatic N) is 6. The predicted octanol–water partition coefficient (Wildman–Crippen LogP) is -0.363. The van der Waals surface area contributed by atoms with Gasteiger partial charge in [-0.25, -0.2) is 8.42 Å². The van der Waals surface area contributed by atoms with Gasteiger partial charge in [0.2, 0.25) is 5.95 Å². The molecule has 0 N–H and O–H groups in total. The molecule has 1 aromatic heterocycles. The Morgan fingerprint density at radius 3 is 2.65 bits per heavy atom. The quantitative estimate of drug-likeness (QED) is 0.735. The van der Waals surface area contributed by atoms with E-state index >= 15 is 0 Å². The first-order valence-corrected chi connectivity index (χ1v) is 9.91.